The van der Waals surface area contributed by atoms with Crippen LogP contribution in [0.3, 0.4) is 0 Å². The third kappa shape index (κ3) is 3.01. The number of rotatable bonds is 5. The number of fused-ring (bicyclic) bond motifs is 1. The molecule has 3 rings (SSSR count). The molecule has 128 valence electrons. The van der Waals surface area contributed by atoms with Gasteiger partial charge in [-0.3, -0.25) is 10.1 Å². The summed E-state index contributed by atoms with van der Waals surface area (Å²) in [6.45, 7) is 6.51. The Bertz CT molecular complexity index is 1070. The summed E-state index contributed by atoms with van der Waals surface area (Å²) in [6, 6.07) is 16.3. The number of hydrogen-bond acceptors (Lipinski definition) is 3. The third-order valence-electron chi connectivity index (χ3n) is 4.39. The zero-order chi connectivity index (χ0) is 18.7. The van der Waals surface area contributed by atoms with E-state index in [0.29, 0.717) is 17.7 Å². The first-order valence-electron chi connectivity index (χ1n) is 8.12. The number of aromatic nitrogens is 1. The van der Waals surface area contributed by atoms with Crippen LogP contribution in [0.1, 0.15) is 16.8 Å². The number of nitro groups is 1. The molecule has 26 heavy (non-hydrogen) atoms. The predicted molar refractivity (Wildman–Crippen MR) is 103 cm³/mol. The van der Waals surface area contributed by atoms with Crippen LogP contribution in [0, 0.1) is 28.4 Å². The highest BCUT2D eigenvalue weighted by Crippen LogP contribution is 2.30. The van der Waals surface area contributed by atoms with Gasteiger partial charge in [0, 0.05) is 40.8 Å². The summed E-state index contributed by atoms with van der Waals surface area (Å²) in [6.07, 6.45) is 3.69. The van der Waals surface area contributed by atoms with Gasteiger partial charge in [-0.25, -0.2) is 0 Å². The molecule has 0 aliphatic rings. The van der Waals surface area contributed by atoms with Crippen LogP contribution in [0.5, 0.6) is 0 Å². The van der Waals surface area contributed by atoms with Gasteiger partial charge < -0.3 is 4.57 Å². The molecule has 0 aliphatic carbocycles. The highest BCUT2D eigenvalue weighted by Gasteiger charge is 2.13. The summed E-state index contributed by atoms with van der Waals surface area (Å²) in [4.78, 5) is 10.4. The van der Waals surface area contributed by atoms with Crippen molar-refractivity contribution in [2.45, 2.75) is 13.5 Å². The smallest absolute Gasteiger partial charge is 0.269 e. The summed E-state index contributed by atoms with van der Waals surface area (Å²) in [5.74, 6) is 0. The fraction of sp³-hybridized carbons (Fsp3) is 0.0952. The summed E-state index contributed by atoms with van der Waals surface area (Å²) in [7, 11) is 0. The molecule has 0 saturated carbocycles. The molecule has 0 N–H and O–H groups in total. The number of allylic oxidation sites excluding steroid dienone is 2. The second-order valence-corrected chi connectivity index (χ2v) is 5.89. The van der Waals surface area contributed by atoms with Crippen LogP contribution >= 0.6 is 0 Å². The van der Waals surface area contributed by atoms with Crippen molar-refractivity contribution >= 4 is 28.2 Å². The average molecular weight is 343 g/mol. The van der Waals surface area contributed by atoms with Crippen LogP contribution in [-0.4, -0.2) is 9.49 Å². The molecular weight excluding hydrogens is 326 g/mol. The summed E-state index contributed by atoms with van der Waals surface area (Å²) in [5, 5.41) is 21.5. The Morgan fingerprint density at radius 3 is 2.58 bits per heavy atom. The van der Waals surface area contributed by atoms with E-state index >= 15 is 0 Å². The van der Waals surface area contributed by atoms with Gasteiger partial charge >= 0.3 is 0 Å². The molecule has 0 radical (unpaired) electrons. The first kappa shape index (κ1) is 17.2. The Morgan fingerprint density at radius 1 is 1.27 bits per heavy atom. The van der Waals surface area contributed by atoms with Crippen molar-refractivity contribution in [2.24, 2.45) is 0 Å². The maximum Gasteiger partial charge on any atom is 0.269 e. The Balaban J connectivity index is 2.16. The van der Waals surface area contributed by atoms with Gasteiger partial charge in [0.15, 0.2) is 0 Å². The fourth-order valence-electron chi connectivity index (χ4n) is 3.09. The number of benzene rings is 2. The number of nitro benzene ring substituents is 1. The van der Waals surface area contributed by atoms with Gasteiger partial charge in [0.05, 0.1) is 16.6 Å². The number of nitriles is 1. The molecule has 1 heterocycles. The average Bonchev–Trinajstić information content (AvgIpc) is 2.92. The van der Waals surface area contributed by atoms with Gasteiger partial charge in [-0.15, -0.1) is 6.58 Å². The van der Waals surface area contributed by atoms with E-state index in [4.69, 9.17) is 0 Å². The largest absolute Gasteiger partial charge is 0.340 e. The fourth-order valence-corrected chi connectivity index (χ4v) is 3.09. The van der Waals surface area contributed by atoms with E-state index in [2.05, 4.69) is 17.2 Å². The Kier molecular flexibility index (Phi) is 4.68. The predicted octanol–water partition coefficient (Wildman–Crippen LogP) is 5.11. The van der Waals surface area contributed by atoms with Gasteiger partial charge in [-0.1, -0.05) is 24.3 Å². The van der Waals surface area contributed by atoms with Crippen LogP contribution in [0.2, 0.25) is 0 Å². The topological polar surface area (TPSA) is 71.9 Å². The van der Waals surface area contributed by atoms with Crippen molar-refractivity contribution in [2.75, 3.05) is 0 Å². The lowest BCUT2D eigenvalue weighted by Gasteiger charge is -2.04. The van der Waals surface area contributed by atoms with Crippen molar-refractivity contribution in [1.82, 2.24) is 4.57 Å². The van der Waals surface area contributed by atoms with Crippen LogP contribution in [0.4, 0.5) is 5.69 Å². The number of para-hydroxylation sites is 1. The Hall–Kier alpha value is -3.65. The first-order valence-corrected chi connectivity index (χ1v) is 8.12. The van der Waals surface area contributed by atoms with E-state index in [9.17, 15) is 15.4 Å². The molecule has 5 nitrogen and oxygen atoms in total. The van der Waals surface area contributed by atoms with Crippen LogP contribution in [0.25, 0.3) is 22.6 Å². The molecule has 3 aromatic rings. The lowest BCUT2D eigenvalue weighted by Crippen LogP contribution is -1.97. The second kappa shape index (κ2) is 7.08. The molecule has 0 atom stereocenters. The minimum absolute atomic E-state index is 0.00445. The quantitative estimate of drug-likeness (QED) is 0.280. The van der Waals surface area contributed by atoms with Crippen LogP contribution < -0.4 is 0 Å². The summed E-state index contributed by atoms with van der Waals surface area (Å²) in [5.41, 5.74) is 4.21. The van der Waals surface area contributed by atoms with Crippen molar-refractivity contribution in [1.29, 1.82) is 5.26 Å². The lowest BCUT2D eigenvalue weighted by molar-refractivity contribution is -0.384. The second-order valence-electron chi connectivity index (χ2n) is 5.89. The summed E-state index contributed by atoms with van der Waals surface area (Å²) >= 11 is 0. The van der Waals surface area contributed by atoms with Crippen molar-refractivity contribution in [3.05, 3.63) is 88.1 Å². The van der Waals surface area contributed by atoms with Crippen molar-refractivity contribution in [3.8, 4) is 6.07 Å². The molecular formula is C21H17N3O2. The zero-order valence-corrected chi connectivity index (χ0v) is 14.3. The molecule has 0 bridgehead atoms. The SMILES string of the molecule is C=CCn1c(C)c(/C=C(/C#N)c2ccc([N+](=O)[O-])cc2)c2ccccc21. The van der Waals surface area contributed by atoms with E-state index in [0.717, 1.165) is 22.2 Å². The number of non-ortho nitro benzene ring substituents is 1. The minimum atomic E-state index is -0.452. The maximum atomic E-state index is 10.8. The zero-order valence-electron chi connectivity index (χ0n) is 14.3. The van der Waals surface area contributed by atoms with Gasteiger partial charge in [-0.2, -0.15) is 5.26 Å². The monoisotopic (exact) mass is 343 g/mol. The minimum Gasteiger partial charge on any atom is -0.340 e. The molecule has 0 unspecified atom stereocenters. The molecule has 5 heteroatoms. The molecule has 0 aliphatic heterocycles. The Morgan fingerprint density at radius 2 is 1.96 bits per heavy atom. The highest BCUT2D eigenvalue weighted by molar-refractivity contribution is 5.99. The first-order chi connectivity index (χ1) is 12.6. The molecule has 1 aromatic heterocycles. The molecule has 0 amide bonds. The molecule has 2 aromatic carbocycles. The van der Waals surface area contributed by atoms with Gasteiger partial charge in [-0.05, 0) is 36.8 Å². The highest BCUT2D eigenvalue weighted by atomic mass is 16.6. The normalized spacial score (nSPS) is 11.3. The number of nitrogens with zero attached hydrogens (tertiary/aromatic N) is 3. The van der Waals surface area contributed by atoms with Crippen molar-refractivity contribution < 1.29 is 4.92 Å². The number of hydrogen-bond donors (Lipinski definition) is 0. The van der Waals surface area contributed by atoms with Gasteiger partial charge in [0.25, 0.3) is 5.69 Å². The van der Waals surface area contributed by atoms with Crippen LogP contribution in [-0.2, 0) is 6.54 Å². The Labute approximate surface area is 151 Å². The van der Waals surface area contributed by atoms with Gasteiger partial charge in [0.1, 0.15) is 0 Å². The molecule has 0 fully saturated rings. The van der Waals surface area contributed by atoms with E-state index in [1.165, 1.54) is 12.1 Å². The molecule has 0 spiro atoms. The molecule has 0 saturated heterocycles. The van der Waals surface area contributed by atoms with E-state index in [1.807, 2.05) is 43.3 Å². The van der Waals surface area contributed by atoms with Crippen LogP contribution in [0.15, 0.2) is 61.2 Å². The van der Waals surface area contributed by atoms with E-state index in [-0.39, 0.29) is 5.69 Å². The lowest BCUT2D eigenvalue weighted by atomic mass is 10.0. The van der Waals surface area contributed by atoms with Crippen molar-refractivity contribution in [3.63, 3.8) is 0 Å². The standard InChI is InChI=1S/C21H17N3O2/c1-3-12-23-15(2)20(19-6-4-5-7-21(19)23)13-17(14-22)16-8-10-18(11-9-16)24(25)26/h3-11,13H,1,12H2,2H3/b17-13-. The van der Waals surface area contributed by atoms with E-state index in [1.54, 1.807) is 12.1 Å². The summed E-state index contributed by atoms with van der Waals surface area (Å²) < 4.78 is 2.15. The third-order valence-corrected chi connectivity index (χ3v) is 4.39. The van der Waals surface area contributed by atoms with Gasteiger partial charge in [0.2, 0.25) is 0 Å². The maximum absolute atomic E-state index is 10.8. The van der Waals surface area contributed by atoms with E-state index < -0.39 is 4.92 Å².